The minimum atomic E-state index is -1.61. The van der Waals surface area contributed by atoms with Crippen molar-refractivity contribution in [3.05, 3.63) is 41.5 Å². The van der Waals surface area contributed by atoms with Gasteiger partial charge in [-0.2, -0.15) is 0 Å². The summed E-state index contributed by atoms with van der Waals surface area (Å²) in [5.74, 6) is -6.79. The highest BCUT2D eigenvalue weighted by atomic mass is 16.8. The second-order valence-electron chi connectivity index (χ2n) is 15.7. The summed E-state index contributed by atoms with van der Waals surface area (Å²) in [6.45, 7) is 5.51. The fourth-order valence-electron chi connectivity index (χ4n) is 6.78. The third-order valence-corrected chi connectivity index (χ3v) is 10.5. The Balaban J connectivity index is 1.80. The van der Waals surface area contributed by atoms with Gasteiger partial charge in [-0.3, -0.25) is 39.2 Å². The number of phenolic OH excluding ortho intramolecular Hbond substituents is 2. The van der Waals surface area contributed by atoms with E-state index in [1.54, 1.807) is 0 Å². The molecule has 0 aliphatic carbocycles. The van der Waals surface area contributed by atoms with E-state index in [9.17, 15) is 64.4 Å². The number of benzene rings is 2. The average Bonchev–Trinajstić information content (AvgIpc) is 3.19. The van der Waals surface area contributed by atoms with E-state index in [2.05, 4.69) is 35.1 Å². The van der Waals surface area contributed by atoms with Crippen molar-refractivity contribution >= 4 is 47.1 Å². The number of hydrogen-bond acceptors (Lipinski definition) is 13. The Morgan fingerprint density at radius 1 is 0.852 bits per heavy atom. The van der Waals surface area contributed by atoms with Crippen molar-refractivity contribution < 1.29 is 64.4 Å². The Hall–Kier alpha value is -5.99. The van der Waals surface area contributed by atoms with E-state index >= 15 is 0 Å². The molecule has 61 heavy (non-hydrogen) atoms. The molecule has 0 saturated carbocycles. The van der Waals surface area contributed by atoms with Crippen LogP contribution < -0.4 is 26.5 Å². The third kappa shape index (κ3) is 13.5. The van der Waals surface area contributed by atoms with Crippen molar-refractivity contribution in [2.45, 2.75) is 109 Å². The average molecular weight is 858 g/mol. The first-order valence-corrected chi connectivity index (χ1v) is 20.1. The molecule has 10 N–H and O–H groups in total. The smallest absolute Gasteiger partial charge is 0.326 e. The number of carbonyl (C=O) groups excluding carboxylic acids is 6. The van der Waals surface area contributed by atoms with Crippen LogP contribution in [-0.4, -0.2) is 133 Å². The van der Waals surface area contributed by atoms with E-state index in [1.807, 2.05) is 0 Å². The minimum absolute atomic E-state index is 0.0211. The fourth-order valence-corrected chi connectivity index (χ4v) is 6.78. The summed E-state index contributed by atoms with van der Waals surface area (Å²) in [4.78, 5) is 93.9. The van der Waals surface area contributed by atoms with Gasteiger partial charge in [0.25, 0.3) is 0 Å². The lowest BCUT2D eigenvalue weighted by molar-refractivity contribution is -0.143. The highest BCUT2D eigenvalue weighted by Gasteiger charge is 2.34. The van der Waals surface area contributed by atoms with E-state index in [0.29, 0.717) is 12.3 Å². The number of phenols is 2. The Bertz CT molecular complexity index is 1920. The molecule has 1 aliphatic heterocycles. The predicted molar refractivity (Wildman–Crippen MR) is 219 cm³/mol. The van der Waals surface area contributed by atoms with Crippen LogP contribution in [-0.2, 0) is 40.0 Å². The summed E-state index contributed by atoms with van der Waals surface area (Å²) >= 11 is 0. The van der Waals surface area contributed by atoms with Gasteiger partial charge in [0.15, 0.2) is 5.75 Å². The van der Waals surface area contributed by atoms with E-state index in [1.165, 1.54) is 46.1 Å². The molecule has 5 atom stereocenters. The number of aliphatic hydroxyl groups excluding tert-OH is 1. The van der Waals surface area contributed by atoms with Crippen molar-refractivity contribution in [2.24, 2.45) is 5.92 Å². The topological polar surface area (TPSA) is 299 Å². The third-order valence-electron chi connectivity index (χ3n) is 10.5. The number of unbranched alkanes of at least 4 members (excludes halogenated alkanes) is 4. The number of carbonyl (C=O) groups is 7. The number of carboxylic acids is 1. The van der Waals surface area contributed by atoms with Crippen LogP contribution >= 0.6 is 0 Å². The molecule has 2 aromatic rings. The molecule has 2 aromatic carbocycles. The van der Waals surface area contributed by atoms with E-state index in [0.717, 1.165) is 54.0 Å². The van der Waals surface area contributed by atoms with Crippen molar-refractivity contribution in [1.29, 1.82) is 0 Å². The lowest BCUT2D eigenvalue weighted by atomic mass is 9.93. The maximum atomic E-state index is 13.9. The summed E-state index contributed by atoms with van der Waals surface area (Å²) in [5.41, 5.74) is -0.921. The number of anilines is 1. The number of aromatic hydroxyl groups is 2. The minimum Gasteiger partial charge on any atom is -0.507 e. The van der Waals surface area contributed by atoms with Gasteiger partial charge in [-0.15, -0.1) is 5.23 Å². The van der Waals surface area contributed by atoms with Gasteiger partial charge in [-0.1, -0.05) is 52.0 Å². The number of likely N-dealkylation sites (N-methyl/N-ethyl adjacent to an activating group) is 2. The largest absolute Gasteiger partial charge is 0.507 e. The molecule has 3 rings (SSSR count). The Kier molecular flexibility index (Phi) is 18.3. The molecule has 4 bridgehead atoms. The number of rotatable bonds is 18. The van der Waals surface area contributed by atoms with Gasteiger partial charge in [0, 0.05) is 38.1 Å². The van der Waals surface area contributed by atoms with E-state index < -0.39 is 108 Å². The predicted octanol–water partition coefficient (Wildman–Crippen LogP) is 1.31. The number of hydrogen-bond donors (Lipinski definition) is 10. The first kappa shape index (κ1) is 49.4. The molecule has 6 amide bonds. The second-order valence-corrected chi connectivity index (χ2v) is 15.7. The van der Waals surface area contributed by atoms with Crippen LogP contribution in [0.2, 0.25) is 0 Å². The number of fused-ring (bicyclic) bond motifs is 5. The van der Waals surface area contributed by atoms with Crippen molar-refractivity contribution in [3.8, 4) is 22.6 Å². The molecular weight excluding hydrogens is 798 g/mol. The Morgan fingerprint density at radius 3 is 2.13 bits per heavy atom. The highest BCUT2D eigenvalue weighted by Crippen LogP contribution is 2.43. The molecule has 1 heterocycles. The van der Waals surface area contributed by atoms with Gasteiger partial charge in [0.05, 0.1) is 13.2 Å². The number of nitrogens with zero attached hydrogens (tertiary/aromatic N) is 3. The summed E-state index contributed by atoms with van der Waals surface area (Å²) in [6, 6.07) is -1.15. The zero-order valence-electron chi connectivity index (χ0n) is 35.3. The summed E-state index contributed by atoms with van der Waals surface area (Å²) in [6.07, 6.45) is 5.54. The Morgan fingerprint density at radius 2 is 1.51 bits per heavy atom. The number of amides is 6. The second kappa shape index (κ2) is 22.6. The monoisotopic (exact) mass is 857 g/mol. The van der Waals surface area contributed by atoms with Gasteiger partial charge in [-0.25, -0.2) is 4.79 Å². The molecule has 1 aliphatic rings. The van der Waals surface area contributed by atoms with E-state index in [-0.39, 0.29) is 34.6 Å². The maximum Gasteiger partial charge on any atom is 0.326 e. The van der Waals surface area contributed by atoms with Gasteiger partial charge in [0.2, 0.25) is 35.4 Å². The van der Waals surface area contributed by atoms with Crippen LogP contribution in [0.15, 0.2) is 30.3 Å². The first-order valence-electron chi connectivity index (χ1n) is 20.1. The van der Waals surface area contributed by atoms with Crippen LogP contribution in [0, 0.1) is 5.92 Å². The highest BCUT2D eigenvalue weighted by molar-refractivity contribution is 5.96. The lowest BCUT2D eigenvalue weighted by Gasteiger charge is -2.30. The quantitative estimate of drug-likeness (QED) is 0.0747. The molecule has 20 nitrogen and oxygen atoms in total. The molecule has 336 valence electrons. The number of aliphatic carboxylic acids is 1. The van der Waals surface area contributed by atoms with Crippen LogP contribution in [0.1, 0.15) is 89.8 Å². The van der Waals surface area contributed by atoms with Crippen LogP contribution in [0.25, 0.3) is 11.1 Å². The number of nitrogens with one attached hydrogen (secondary N) is 4. The zero-order valence-corrected chi connectivity index (χ0v) is 35.3. The lowest BCUT2D eigenvalue weighted by Crippen LogP contribution is -2.55. The standard InChI is InChI=1S/C41H59N7O13/c1-22(2)12-10-8-7-9-11-13-33(51)46(5)31(21-49)39(56)43-23(3)37(54)42-20-34(52)47(6)35-26-14-15-32(50)27(19-26)28-16-25(18-30(36(28)53)48(60)61)17-29(41(58)59)45-38(55)24(4)44-40(35)57/h14-16,18-19,22-24,29,31,35,49-50,53,60-61H,7-13,17,20-21H2,1-6H3,(H,42,54)(H,43,56)(H,44,57)(H,45,55)(H,58,59). The molecule has 20 heteroatoms. The van der Waals surface area contributed by atoms with Crippen molar-refractivity contribution in [1.82, 2.24) is 31.1 Å². The number of aliphatic hydroxyl groups is 1. The SMILES string of the molecule is CC(C)CCCCCCCC(=O)N(C)C(CO)C(=O)NC(C)C(=O)NCC(=O)N(C)C1C(=O)NC(C)C(=O)NC(C(=O)O)Cc2cc(c(O)c(N(O)O)c2)-c2cc1ccc2O. The van der Waals surface area contributed by atoms with Gasteiger partial charge < -0.3 is 51.5 Å². The summed E-state index contributed by atoms with van der Waals surface area (Å²) in [5, 5.41) is 70.7. The number of carboxylic acid groups (broad SMARTS) is 1. The maximum absolute atomic E-state index is 13.9. The van der Waals surface area contributed by atoms with Gasteiger partial charge in [0.1, 0.15) is 41.6 Å². The molecule has 0 saturated heterocycles. The zero-order chi connectivity index (χ0) is 45.7. The van der Waals surface area contributed by atoms with Gasteiger partial charge >= 0.3 is 5.97 Å². The van der Waals surface area contributed by atoms with Gasteiger partial charge in [-0.05, 0) is 61.6 Å². The molecule has 0 spiro atoms. The van der Waals surface area contributed by atoms with Crippen molar-refractivity contribution in [2.75, 3.05) is 32.5 Å². The first-order chi connectivity index (χ1) is 28.7. The van der Waals surface area contributed by atoms with Crippen molar-refractivity contribution in [3.63, 3.8) is 0 Å². The summed E-state index contributed by atoms with van der Waals surface area (Å²) in [7, 11) is 2.60. The molecule has 0 aromatic heterocycles. The normalized spacial score (nSPS) is 17.5. The molecular formula is C41H59N7O13. The Labute approximate surface area is 353 Å². The molecule has 0 radical (unpaired) electrons. The van der Waals surface area contributed by atoms with Crippen LogP contribution in [0.4, 0.5) is 5.69 Å². The molecule has 5 unspecified atom stereocenters. The fraction of sp³-hybridized carbons (Fsp3) is 0.537. The summed E-state index contributed by atoms with van der Waals surface area (Å²) < 4.78 is 0. The van der Waals surface area contributed by atoms with E-state index in [4.69, 9.17) is 0 Å². The van der Waals surface area contributed by atoms with Crippen LogP contribution in [0.3, 0.4) is 0 Å². The molecule has 0 fully saturated rings. The van der Waals surface area contributed by atoms with Crippen LogP contribution in [0.5, 0.6) is 11.5 Å².